The standard InChI is InChI=1S/C22H20N4O2/c1-13(2)26(3)21-20(15-6-8-17-14(11-15)5-4-10-23-17)24-18-9-7-16(22(27)28)12-19(18)25-21/h4-13H,1-3H3,(H,27,28). The van der Waals surface area contributed by atoms with Gasteiger partial charge >= 0.3 is 5.97 Å². The lowest BCUT2D eigenvalue weighted by molar-refractivity contribution is 0.0697. The first kappa shape index (κ1) is 17.9. The van der Waals surface area contributed by atoms with Crippen molar-refractivity contribution in [3.63, 3.8) is 0 Å². The maximum atomic E-state index is 11.3. The summed E-state index contributed by atoms with van der Waals surface area (Å²) in [4.78, 5) is 27.4. The van der Waals surface area contributed by atoms with Crippen molar-refractivity contribution in [3.05, 3.63) is 60.3 Å². The summed E-state index contributed by atoms with van der Waals surface area (Å²) < 4.78 is 0. The van der Waals surface area contributed by atoms with E-state index in [1.54, 1.807) is 24.4 Å². The van der Waals surface area contributed by atoms with Crippen molar-refractivity contribution in [2.45, 2.75) is 19.9 Å². The fraction of sp³-hybridized carbons (Fsp3) is 0.182. The van der Waals surface area contributed by atoms with Crippen LogP contribution in [-0.4, -0.2) is 39.1 Å². The fourth-order valence-corrected chi connectivity index (χ4v) is 3.09. The van der Waals surface area contributed by atoms with Crippen molar-refractivity contribution in [1.29, 1.82) is 0 Å². The van der Waals surface area contributed by atoms with E-state index in [1.807, 2.05) is 36.2 Å². The molecule has 2 aromatic carbocycles. The molecule has 2 heterocycles. The zero-order chi connectivity index (χ0) is 19.8. The second-order valence-corrected chi connectivity index (χ2v) is 7.02. The number of benzene rings is 2. The fourth-order valence-electron chi connectivity index (χ4n) is 3.09. The van der Waals surface area contributed by atoms with Gasteiger partial charge in [-0.15, -0.1) is 0 Å². The third-order valence-corrected chi connectivity index (χ3v) is 4.88. The minimum Gasteiger partial charge on any atom is -0.478 e. The highest BCUT2D eigenvalue weighted by atomic mass is 16.4. The molecule has 0 fully saturated rings. The number of carbonyl (C=O) groups is 1. The Balaban J connectivity index is 1.97. The van der Waals surface area contributed by atoms with Crippen LogP contribution in [0.4, 0.5) is 5.82 Å². The van der Waals surface area contributed by atoms with Crippen molar-refractivity contribution in [2.24, 2.45) is 0 Å². The lowest BCUT2D eigenvalue weighted by atomic mass is 10.1. The lowest BCUT2D eigenvalue weighted by Gasteiger charge is -2.25. The van der Waals surface area contributed by atoms with E-state index in [0.29, 0.717) is 16.9 Å². The van der Waals surface area contributed by atoms with Gasteiger partial charge in [0.25, 0.3) is 0 Å². The molecule has 4 rings (SSSR count). The Bertz CT molecular complexity index is 1200. The SMILES string of the molecule is CC(C)N(C)c1nc2cc(C(=O)O)ccc2nc1-c1ccc2ncccc2c1. The molecule has 4 aromatic rings. The van der Waals surface area contributed by atoms with Crippen molar-refractivity contribution < 1.29 is 9.90 Å². The van der Waals surface area contributed by atoms with E-state index in [-0.39, 0.29) is 11.6 Å². The summed E-state index contributed by atoms with van der Waals surface area (Å²) in [6.07, 6.45) is 1.77. The third-order valence-electron chi connectivity index (χ3n) is 4.88. The number of carboxylic acids is 1. The summed E-state index contributed by atoms with van der Waals surface area (Å²) in [5.74, 6) is -0.262. The first-order chi connectivity index (χ1) is 13.4. The number of carboxylic acid groups (broad SMARTS) is 1. The van der Waals surface area contributed by atoms with Crippen LogP contribution in [0.25, 0.3) is 33.2 Å². The van der Waals surface area contributed by atoms with Gasteiger partial charge in [-0.25, -0.2) is 14.8 Å². The zero-order valence-electron chi connectivity index (χ0n) is 15.9. The van der Waals surface area contributed by atoms with E-state index in [4.69, 9.17) is 9.97 Å². The first-order valence-corrected chi connectivity index (χ1v) is 9.07. The van der Waals surface area contributed by atoms with Gasteiger partial charge in [0.15, 0.2) is 5.82 Å². The van der Waals surface area contributed by atoms with Crippen LogP contribution in [0.3, 0.4) is 0 Å². The van der Waals surface area contributed by atoms with Gasteiger partial charge in [-0.2, -0.15) is 0 Å². The molecule has 1 N–H and O–H groups in total. The molecule has 140 valence electrons. The van der Waals surface area contributed by atoms with Crippen LogP contribution in [0.5, 0.6) is 0 Å². The van der Waals surface area contributed by atoms with E-state index in [0.717, 1.165) is 22.2 Å². The number of hydrogen-bond donors (Lipinski definition) is 1. The topological polar surface area (TPSA) is 79.2 Å². The van der Waals surface area contributed by atoms with Crippen LogP contribution >= 0.6 is 0 Å². The molecule has 0 aliphatic rings. The number of aromatic carboxylic acids is 1. The predicted octanol–water partition coefficient (Wildman–Crippen LogP) is 4.39. The minimum atomic E-state index is -0.978. The van der Waals surface area contributed by atoms with E-state index in [2.05, 4.69) is 24.9 Å². The van der Waals surface area contributed by atoms with Gasteiger partial charge in [-0.1, -0.05) is 12.1 Å². The molecular weight excluding hydrogens is 352 g/mol. The summed E-state index contributed by atoms with van der Waals surface area (Å²) in [7, 11) is 1.97. The minimum absolute atomic E-state index is 0.199. The Morgan fingerprint density at radius 1 is 1.00 bits per heavy atom. The van der Waals surface area contributed by atoms with Crippen molar-refractivity contribution in [1.82, 2.24) is 15.0 Å². The number of hydrogen-bond acceptors (Lipinski definition) is 5. The normalized spacial score (nSPS) is 11.3. The molecule has 0 bridgehead atoms. The summed E-state index contributed by atoms with van der Waals surface area (Å²) >= 11 is 0. The Labute approximate surface area is 162 Å². The molecule has 28 heavy (non-hydrogen) atoms. The van der Waals surface area contributed by atoms with E-state index < -0.39 is 5.97 Å². The van der Waals surface area contributed by atoms with Crippen molar-refractivity contribution in [2.75, 3.05) is 11.9 Å². The Morgan fingerprint density at radius 2 is 1.79 bits per heavy atom. The molecule has 6 nitrogen and oxygen atoms in total. The molecule has 0 unspecified atom stereocenters. The molecule has 0 atom stereocenters. The highest BCUT2D eigenvalue weighted by Crippen LogP contribution is 2.32. The molecule has 0 aliphatic carbocycles. The Morgan fingerprint density at radius 3 is 2.54 bits per heavy atom. The summed E-state index contributed by atoms with van der Waals surface area (Å²) in [6.45, 7) is 4.15. The summed E-state index contributed by atoms with van der Waals surface area (Å²) in [5.41, 5.74) is 4.05. The van der Waals surface area contributed by atoms with Crippen molar-refractivity contribution in [3.8, 4) is 11.3 Å². The Kier molecular flexibility index (Phi) is 4.39. The van der Waals surface area contributed by atoms with E-state index in [9.17, 15) is 9.90 Å². The lowest BCUT2D eigenvalue weighted by Crippen LogP contribution is -2.27. The summed E-state index contributed by atoms with van der Waals surface area (Å²) in [6, 6.07) is 15.0. The molecule has 0 radical (unpaired) electrons. The largest absolute Gasteiger partial charge is 0.478 e. The van der Waals surface area contributed by atoms with Crippen molar-refractivity contribution >= 4 is 33.7 Å². The second kappa shape index (κ2) is 6.88. The average molecular weight is 372 g/mol. The van der Waals surface area contributed by atoms with Gasteiger partial charge < -0.3 is 10.0 Å². The predicted molar refractivity (Wildman–Crippen MR) is 111 cm³/mol. The smallest absolute Gasteiger partial charge is 0.335 e. The number of fused-ring (bicyclic) bond motifs is 2. The molecule has 0 spiro atoms. The average Bonchev–Trinajstić information content (AvgIpc) is 2.71. The van der Waals surface area contributed by atoms with Gasteiger partial charge in [-0.05, 0) is 50.2 Å². The number of anilines is 1. The van der Waals surface area contributed by atoms with E-state index >= 15 is 0 Å². The maximum Gasteiger partial charge on any atom is 0.335 e. The number of aromatic nitrogens is 3. The highest BCUT2D eigenvalue weighted by molar-refractivity contribution is 5.94. The second-order valence-electron chi connectivity index (χ2n) is 7.02. The van der Waals surface area contributed by atoms with Gasteiger partial charge in [0.1, 0.15) is 5.69 Å². The van der Waals surface area contributed by atoms with Crippen LogP contribution in [0.15, 0.2) is 54.7 Å². The quantitative estimate of drug-likeness (QED) is 0.572. The monoisotopic (exact) mass is 372 g/mol. The van der Waals surface area contributed by atoms with Gasteiger partial charge in [-0.3, -0.25) is 4.98 Å². The third kappa shape index (κ3) is 3.13. The number of nitrogens with zero attached hydrogens (tertiary/aromatic N) is 4. The maximum absolute atomic E-state index is 11.3. The molecule has 0 amide bonds. The molecule has 0 saturated heterocycles. The highest BCUT2D eigenvalue weighted by Gasteiger charge is 2.18. The van der Waals surface area contributed by atoms with Crippen LogP contribution in [-0.2, 0) is 0 Å². The Hall–Kier alpha value is -3.54. The van der Waals surface area contributed by atoms with Gasteiger partial charge in [0.2, 0.25) is 0 Å². The molecule has 6 heteroatoms. The molecule has 0 aliphatic heterocycles. The molecule has 2 aromatic heterocycles. The van der Waals surface area contributed by atoms with Crippen LogP contribution in [0, 0.1) is 0 Å². The van der Waals surface area contributed by atoms with E-state index in [1.165, 1.54) is 0 Å². The molecule has 0 saturated carbocycles. The molecular formula is C22H20N4O2. The van der Waals surface area contributed by atoms with Crippen LogP contribution < -0.4 is 4.90 Å². The zero-order valence-corrected chi connectivity index (χ0v) is 15.9. The summed E-state index contributed by atoms with van der Waals surface area (Å²) in [5, 5.41) is 10.3. The number of pyridine rings is 1. The number of rotatable bonds is 4. The van der Waals surface area contributed by atoms with Gasteiger partial charge in [0, 0.05) is 30.2 Å². The van der Waals surface area contributed by atoms with Crippen LogP contribution in [0.2, 0.25) is 0 Å². The van der Waals surface area contributed by atoms with Crippen LogP contribution in [0.1, 0.15) is 24.2 Å². The van der Waals surface area contributed by atoms with Gasteiger partial charge in [0.05, 0.1) is 22.1 Å². The first-order valence-electron chi connectivity index (χ1n) is 9.07.